The quantitative estimate of drug-likeness (QED) is 0.655. The monoisotopic (exact) mass is 270 g/mol. The molecular formula is C14H26N2O3. The number of hydrogen-bond acceptors (Lipinski definition) is 3. The molecule has 0 aromatic carbocycles. The number of carboxylic acid groups (broad SMARTS) is 1. The average molecular weight is 270 g/mol. The second-order valence-corrected chi connectivity index (χ2v) is 5.90. The first-order valence-corrected chi connectivity index (χ1v) is 7.19. The number of carbonyl (C=O) groups excluding carboxylic acids is 1. The first-order chi connectivity index (χ1) is 8.90. The van der Waals surface area contributed by atoms with Crippen LogP contribution in [0, 0.1) is 5.92 Å². The molecule has 0 aliphatic heterocycles. The fourth-order valence-corrected chi connectivity index (χ4v) is 2.49. The highest BCUT2D eigenvalue weighted by atomic mass is 16.4. The number of carbonyl (C=O) groups is 2. The third-order valence-corrected chi connectivity index (χ3v) is 3.55. The molecule has 19 heavy (non-hydrogen) atoms. The molecule has 1 rings (SSSR count). The zero-order valence-electron chi connectivity index (χ0n) is 12.1. The van der Waals surface area contributed by atoms with Crippen LogP contribution in [-0.2, 0) is 9.59 Å². The van der Waals surface area contributed by atoms with Crippen LogP contribution in [0.5, 0.6) is 0 Å². The summed E-state index contributed by atoms with van der Waals surface area (Å²) in [5, 5.41) is 15.0. The molecule has 0 heterocycles. The van der Waals surface area contributed by atoms with Crippen LogP contribution in [0.25, 0.3) is 0 Å². The number of hydrogen-bond donors (Lipinski definition) is 3. The Bertz CT molecular complexity index is 312. The molecule has 2 atom stereocenters. The van der Waals surface area contributed by atoms with Gasteiger partial charge in [-0.15, -0.1) is 0 Å². The summed E-state index contributed by atoms with van der Waals surface area (Å²) in [5.74, 6) is -0.713. The van der Waals surface area contributed by atoms with Gasteiger partial charge in [0.2, 0.25) is 5.91 Å². The van der Waals surface area contributed by atoms with Crippen molar-refractivity contribution >= 4 is 11.9 Å². The predicted molar refractivity (Wildman–Crippen MR) is 73.9 cm³/mol. The molecule has 0 bridgehead atoms. The normalized spacial score (nSPS) is 19.4. The molecule has 5 heteroatoms. The van der Waals surface area contributed by atoms with Gasteiger partial charge in [-0.05, 0) is 32.1 Å². The maximum Gasteiger partial charge on any atom is 0.320 e. The molecule has 1 fully saturated rings. The van der Waals surface area contributed by atoms with E-state index in [0.29, 0.717) is 6.42 Å². The lowest BCUT2D eigenvalue weighted by Gasteiger charge is -2.22. The van der Waals surface area contributed by atoms with Crippen LogP contribution < -0.4 is 10.6 Å². The lowest BCUT2D eigenvalue weighted by atomic mass is 10.0. The van der Waals surface area contributed by atoms with Gasteiger partial charge in [0.15, 0.2) is 0 Å². The number of rotatable bonds is 7. The van der Waals surface area contributed by atoms with Crippen molar-refractivity contribution in [2.75, 3.05) is 0 Å². The van der Waals surface area contributed by atoms with Gasteiger partial charge in [0, 0.05) is 6.04 Å². The van der Waals surface area contributed by atoms with Gasteiger partial charge in [0.25, 0.3) is 0 Å². The second kappa shape index (κ2) is 7.48. The smallest absolute Gasteiger partial charge is 0.320 e. The minimum atomic E-state index is -0.894. The van der Waals surface area contributed by atoms with Gasteiger partial charge in [-0.1, -0.05) is 26.7 Å². The Labute approximate surface area is 115 Å². The van der Waals surface area contributed by atoms with E-state index in [1.165, 1.54) is 0 Å². The van der Waals surface area contributed by atoms with Crippen molar-refractivity contribution in [3.05, 3.63) is 0 Å². The molecule has 1 aliphatic carbocycles. The summed E-state index contributed by atoms with van der Waals surface area (Å²) in [7, 11) is 0. The summed E-state index contributed by atoms with van der Waals surface area (Å²) < 4.78 is 0. The summed E-state index contributed by atoms with van der Waals surface area (Å²) in [6.45, 7) is 5.67. The van der Waals surface area contributed by atoms with Crippen molar-refractivity contribution in [1.82, 2.24) is 10.6 Å². The number of aliphatic carboxylic acids is 1. The lowest BCUT2D eigenvalue weighted by molar-refractivity contribution is -0.140. The first-order valence-electron chi connectivity index (χ1n) is 7.19. The molecule has 2 unspecified atom stereocenters. The summed E-state index contributed by atoms with van der Waals surface area (Å²) in [4.78, 5) is 23.1. The Morgan fingerprint density at radius 3 is 2.26 bits per heavy atom. The van der Waals surface area contributed by atoms with Crippen LogP contribution in [0.15, 0.2) is 0 Å². The van der Waals surface area contributed by atoms with Crippen LogP contribution in [0.3, 0.4) is 0 Å². The Morgan fingerprint density at radius 2 is 1.79 bits per heavy atom. The molecule has 110 valence electrons. The Morgan fingerprint density at radius 1 is 1.21 bits per heavy atom. The Kier molecular flexibility index (Phi) is 6.28. The lowest BCUT2D eigenvalue weighted by Crippen LogP contribution is -2.51. The van der Waals surface area contributed by atoms with E-state index in [1.54, 1.807) is 6.92 Å². The highest BCUT2D eigenvalue weighted by molar-refractivity contribution is 5.83. The van der Waals surface area contributed by atoms with Crippen LogP contribution in [0.1, 0.15) is 52.9 Å². The predicted octanol–water partition coefficient (Wildman–Crippen LogP) is 1.52. The van der Waals surface area contributed by atoms with Crippen LogP contribution in [0.2, 0.25) is 0 Å². The molecule has 1 aliphatic rings. The van der Waals surface area contributed by atoms with Gasteiger partial charge in [0.05, 0.1) is 6.04 Å². The fourth-order valence-electron chi connectivity index (χ4n) is 2.49. The first kappa shape index (κ1) is 16.0. The van der Waals surface area contributed by atoms with Crippen molar-refractivity contribution < 1.29 is 14.7 Å². The largest absolute Gasteiger partial charge is 0.480 e. The van der Waals surface area contributed by atoms with Crippen molar-refractivity contribution in [1.29, 1.82) is 0 Å². The summed E-state index contributed by atoms with van der Waals surface area (Å²) in [5.41, 5.74) is 0. The standard InChI is InChI=1S/C14H26N2O3/c1-9(2)8-12(14(18)19)15-10(3)13(17)16-11-6-4-5-7-11/h9-12,15H,4-8H2,1-3H3,(H,16,17)(H,18,19). The minimum absolute atomic E-state index is 0.0955. The van der Waals surface area contributed by atoms with Crippen molar-refractivity contribution in [2.45, 2.75) is 71.0 Å². The van der Waals surface area contributed by atoms with E-state index in [-0.39, 0.29) is 17.9 Å². The van der Waals surface area contributed by atoms with E-state index in [9.17, 15) is 9.59 Å². The maximum atomic E-state index is 12.0. The molecule has 0 spiro atoms. The van der Waals surface area contributed by atoms with Gasteiger partial charge < -0.3 is 10.4 Å². The third-order valence-electron chi connectivity index (χ3n) is 3.55. The Hall–Kier alpha value is -1.10. The molecule has 0 radical (unpaired) electrons. The summed E-state index contributed by atoms with van der Waals surface area (Å²) in [6.07, 6.45) is 4.92. The van der Waals surface area contributed by atoms with E-state index in [2.05, 4.69) is 10.6 Å². The van der Waals surface area contributed by atoms with Gasteiger partial charge in [0.1, 0.15) is 6.04 Å². The van der Waals surface area contributed by atoms with E-state index in [0.717, 1.165) is 25.7 Å². The highest BCUT2D eigenvalue weighted by Gasteiger charge is 2.25. The molecule has 3 N–H and O–H groups in total. The molecule has 0 aromatic heterocycles. The van der Waals surface area contributed by atoms with Gasteiger partial charge in [-0.3, -0.25) is 14.9 Å². The zero-order valence-corrected chi connectivity index (χ0v) is 12.1. The summed E-state index contributed by atoms with van der Waals surface area (Å²) >= 11 is 0. The summed E-state index contributed by atoms with van der Waals surface area (Å²) in [6, 6.07) is -0.866. The highest BCUT2D eigenvalue weighted by Crippen LogP contribution is 2.17. The van der Waals surface area contributed by atoms with E-state index < -0.39 is 18.1 Å². The minimum Gasteiger partial charge on any atom is -0.480 e. The molecule has 0 saturated heterocycles. The van der Waals surface area contributed by atoms with Crippen LogP contribution in [0.4, 0.5) is 0 Å². The molecule has 0 aromatic rings. The van der Waals surface area contributed by atoms with Crippen molar-refractivity contribution in [2.24, 2.45) is 5.92 Å². The topological polar surface area (TPSA) is 78.4 Å². The van der Waals surface area contributed by atoms with Crippen molar-refractivity contribution in [3.63, 3.8) is 0 Å². The molecule has 1 saturated carbocycles. The third kappa shape index (κ3) is 5.59. The van der Waals surface area contributed by atoms with Crippen molar-refractivity contribution in [3.8, 4) is 0 Å². The molecular weight excluding hydrogens is 244 g/mol. The zero-order chi connectivity index (χ0) is 14.4. The SMILES string of the molecule is CC(C)CC(NC(C)C(=O)NC1CCCC1)C(=O)O. The van der Waals surface area contributed by atoms with E-state index in [1.807, 2.05) is 13.8 Å². The van der Waals surface area contributed by atoms with Gasteiger partial charge >= 0.3 is 5.97 Å². The van der Waals surface area contributed by atoms with Crippen LogP contribution in [-0.4, -0.2) is 35.1 Å². The Balaban J connectivity index is 2.43. The maximum absolute atomic E-state index is 12.0. The molecule has 1 amide bonds. The molecule has 5 nitrogen and oxygen atoms in total. The number of carboxylic acids is 1. The van der Waals surface area contributed by atoms with Gasteiger partial charge in [-0.2, -0.15) is 0 Å². The second-order valence-electron chi connectivity index (χ2n) is 5.90. The van der Waals surface area contributed by atoms with E-state index >= 15 is 0 Å². The fraction of sp³-hybridized carbons (Fsp3) is 0.857. The van der Waals surface area contributed by atoms with Crippen LogP contribution >= 0.6 is 0 Å². The van der Waals surface area contributed by atoms with Gasteiger partial charge in [-0.25, -0.2) is 0 Å². The average Bonchev–Trinajstić information content (AvgIpc) is 2.79. The number of nitrogens with one attached hydrogen (secondary N) is 2. The number of amides is 1. The van der Waals surface area contributed by atoms with E-state index in [4.69, 9.17) is 5.11 Å².